The summed E-state index contributed by atoms with van der Waals surface area (Å²) in [5.41, 5.74) is 3.96. The lowest BCUT2D eigenvalue weighted by Gasteiger charge is -2.13. The van der Waals surface area contributed by atoms with Gasteiger partial charge in [-0.15, -0.1) is 0 Å². The third-order valence-electron chi connectivity index (χ3n) is 4.08. The molecule has 1 aromatic rings. The predicted octanol–water partition coefficient (Wildman–Crippen LogP) is 2.17. The molecule has 1 aliphatic rings. The molecule has 120 valence electrons. The summed E-state index contributed by atoms with van der Waals surface area (Å²) in [6.45, 7) is 8.11. The number of aromatic nitrogens is 1. The molecule has 22 heavy (non-hydrogen) atoms. The molecule has 6 heteroatoms. The van der Waals surface area contributed by atoms with Crippen LogP contribution in [-0.4, -0.2) is 52.7 Å². The maximum atomic E-state index is 12.4. The van der Waals surface area contributed by atoms with E-state index < -0.39 is 0 Å². The second kappa shape index (κ2) is 6.62. The van der Waals surface area contributed by atoms with Crippen LogP contribution in [0.3, 0.4) is 0 Å². The zero-order valence-electron chi connectivity index (χ0n) is 13.8. The number of likely N-dealkylation sites (N-methyl/N-ethyl adjacent to an activating group) is 2. The van der Waals surface area contributed by atoms with Crippen LogP contribution in [0.2, 0.25) is 0 Å². The Morgan fingerprint density at radius 3 is 2.59 bits per heavy atom. The highest BCUT2D eigenvalue weighted by atomic mass is 32.1. The van der Waals surface area contributed by atoms with Gasteiger partial charge >= 0.3 is 0 Å². The number of nitrogens with zero attached hydrogens (tertiary/aromatic N) is 3. The SMILES string of the molecule is CCN1C(=O)/C(=C/c2cc(C)n(CCOC)c2C)N(C)C1=S. The number of hydrogen-bond acceptors (Lipinski definition) is 3. The molecule has 1 saturated heterocycles. The summed E-state index contributed by atoms with van der Waals surface area (Å²) in [6.07, 6.45) is 1.93. The van der Waals surface area contributed by atoms with Gasteiger partial charge in [0.15, 0.2) is 5.11 Å². The van der Waals surface area contributed by atoms with Gasteiger partial charge < -0.3 is 14.2 Å². The Hall–Kier alpha value is -1.66. The molecule has 1 aliphatic heterocycles. The fraction of sp³-hybridized carbons (Fsp3) is 0.500. The Morgan fingerprint density at radius 1 is 1.36 bits per heavy atom. The Balaban J connectivity index is 2.37. The van der Waals surface area contributed by atoms with Crippen LogP contribution in [0.5, 0.6) is 0 Å². The van der Waals surface area contributed by atoms with Crippen LogP contribution in [0.25, 0.3) is 6.08 Å². The maximum Gasteiger partial charge on any atom is 0.276 e. The second-order valence-electron chi connectivity index (χ2n) is 5.39. The Morgan fingerprint density at radius 2 is 2.05 bits per heavy atom. The Labute approximate surface area is 137 Å². The number of carbonyl (C=O) groups is 1. The number of amides is 1. The first-order valence-corrected chi connectivity index (χ1v) is 7.80. The minimum Gasteiger partial charge on any atom is -0.383 e. The molecule has 0 aliphatic carbocycles. The van der Waals surface area contributed by atoms with E-state index in [1.165, 1.54) is 0 Å². The maximum absolute atomic E-state index is 12.4. The van der Waals surface area contributed by atoms with Gasteiger partial charge in [0.25, 0.3) is 5.91 Å². The van der Waals surface area contributed by atoms with E-state index >= 15 is 0 Å². The molecule has 0 aromatic carbocycles. The van der Waals surface area contributed by atoms with E-state index in [2.05, 4.69) is 24.5 Å². The molecule has 0 saturated carbocycles. The highest BCUT2D eigenvalue weighted by molar-refractivity contribution is 7.80. The van der Waals surface area contributed by atoms with Crippen molar-refractivity contribution in [1.29, 1.82) is 0 Å². The minimum absolute atomic E-state index is 0.0308. The highest BCUT2D eigenvalue weighted by Gasteiger charge is 2.34. The number of rotatable bonds is 5. The molecular weight excluding hydrogens is 298 g/mol. The van der Waals surface area contributed by atoms with Crippen molar-refractivity contribution in [2.45, 2.75) is 27.3 Å². The number of aryl methyl sites for hydroxylation is 1. The van der Waals surface area contributed by atoms with Crippen molar-refractivity contribution >= 4 is 29.3 Å². The lowest BCUT2D eigenvalue weighted by Crippen LogP contribution is -2.30. The predicted molar refractivity (Wildman–Crippen MR) is 91.5 cm³/mol. The van der Waals surface area contributed by atoms with Gasteiger partial charge in [-0.2, -0.15) is 0 Å². The highest BCUT2D eigenvalue weighted by Crippen LogP contribution is 2.24. The van der Waals surface area contributed by atoms with E-state index in [-0.39, 0.29) is 5.91 Å². The van der Waals surface area contributed by atoms with Crippen molar-refractivity contribution in [2.24, 2.45) is 0 Å². The molecule has 1 fully saturated rings. The van der Waals surface area contributed by atoms with Crippen LogP contribution in [0.1, 0.15) is 23.9 Å². The molecule has 0 unspecified atom stereocenters. The van der Waals surface area contributed by atoms with E-state index in [0.717, 1.165) is 23.5 Å². The molecule has 1 aromatic heterocycles. The normalized spacial score (nSPS) is 17.2. The van der Waals surface area contributed by atoms with Crippen LogP contribution in [0.4, 0.5) is 0 Å². The molecule has 0 atom stereocenters. The fourth-order valence-electron chi connectivity index (χ4n) is 2.74. The summed E-state index contributed by atoms with van der Waals surface area (Å²) in [5.74, 6) is -0.0308. The fourth-order valence-corrected chi connectivity index (χ4v) is 3.05. The van der Waals surface area contributed by atoms with E-state index in [1.807, 2.05) is 20.0 Å². The smallest absolute Gasteiger partial charge is 0.276 e. The van der Waals surface area contributed by atoms with Crippen molar-refractivity contribution in [1.82, 2.24) is 14.4 Å². The van der Waals surface area contributed by atoms with Gasteiger partial charge in [0.1, 0.15) is 5.70 Å². The molecule has 1 amide bonds. The summed E-state index contributed by atoms with van der Waals surface area (Å²) in [5, 5.41) is 0.562. The third kappa shape index (κ3) is 2.80. The van der Waals surface area contributed by atoms with Crippen LogP contribution in [0.15, 0.2) is 11.8 Å². The summed E-state index contributed by atoms with van der Waals surface area (Å²) in [4.78, 5) is 15.8. The molecule has 2 heterocycles. The van der Waals surface area contributed by atoms with Crippen LogP contribution in [-0.2, 0) is 16.1 Å². The van der Waals surface area contributed by atoms with Crippen LogP contribution < -0.4 is 0 Å². The van der Waals surface area contributed by atoms with Crippen molar-refractivity contribution in [2.75, 3.05) is 27.3 Å². The molecule has 0 spiro atoms. The van der Waals surface area contributed by atoms with E-state index in [4.69, 9.17) is 17.0 Å². The van der Waals surface area contributed by atoms with Gasteiger partial charge in [0.2, 0.25) is 0 Å². The number of hydrogen-bond donors (Lipinski definition) is 0. The third-order valence-corrected chi connectivity index (χ3v) is 4.58. The van der Waals surface area contributed by atoms with Gasteiger partial charge in [0.05, 0.1) is 6.61 Å². The summed E-state index contributed by atoms with van der Waals surface area (Å²) < 4.78 is 7.35. The largest absolute Gasteiger partial charge is 0.383 e. The van der Waals surface area contributed by atoms with Crippen LogP contribution >= 0.6 is 12.2 Å². The number of thiocarbonyl (C=S) groups is 1. The van der Waals surface area contributed by atoms with E-state index in [9.17, 15) is 4.79 Å². The van der Waals surface area contributed by atoms with Crippen molar-refractivity contribution in [3.63, 3.8) is 0 Å². The average molecular weight is 321 g/mol. The zero-order valence-corrected chi connectivity index (χ0v) is 14.7. The molecule has 0 bridgehead atoms. The standard InChI is InChI=1S/C16H23N3O2S/c1-6-18-15(20)14(17(4)16(18)22)10-13-9-11(2)19(12(13)3)7-8-21-5/h9-10H,6-8H2,1-5H3/b14-10-. The summed E-state index contributed by atoms with van der Waals surface area (Å²) in [7, 11) is 3.54. The average Bonchev–Trinajstić information content (AvgIpc) is 2.86. The number of carbonyl (C=O) groups excluding carboxylic acids is 1. The molecular formula is C16H23N3O2S. The topological polar surface area (TPSA) is 37.7 Å². The van der Waals surface area contributed by atoms with Crippen LogP contribution in [0, 0.1) is 13.8 Å². The molecule has 2 rings (SSSR count). The van der Waals surface area contributed by atoms with Gasteiger partial charge in [0, 0.05) is 38.6 Å². The molecule has 0 N–H and O–H groups in total. The minimum atomic E-state index is -0.0308. The zero-order chi connectivity index (χ0) is 16.4. The molecule has 5 nitrogen and oxygen atoms in total. The number of methoxy groups -OCH3 is 1. The monoisotopic (exact) mass is 321 g/mol. The first kappa shape index (κ1) is 16.7. The quantitative estimate of drug-likeness (QED) is 0.615. The lowest BCUT2D eigenvalue weighted by atomic mass is 10.2. The molecule has 0 radical (unpaired) electrons. The Kier molecular flexibility index (Phi) is 5.03. The first-order valence-electron chi connectivity index (χ1n) is 7.39. The lowest BCUT2D eigenvalue weighted by molar-refractivity contribution is -0.122. The van der Waals surface area contributed by atoms with Gasteiger partial charge in [-0.3, -0.25) is 9.69 Å². The van der Waals surface area contributed by atoms with Gasteiger partial charge in [-0.05, 0) is 50.7 Å². The van der Waals surface area contributed by atoms with Crippen molar-refractivity contribution < 1.29 is 9.53 Å². The summed E-state index contributed by atoms with van der Waals surface area (Å²) >= 11 is 5.32. The van der Waals surface area contributed by atoms with Gasteiger partial charge in [-0.25, -0.2) is 0 Å². The second-order valence-corrected chi connectivity index (χ2v) is 5.76. The van der Waals surface area contributed by atoms with Gasteiger partial charge in [-0.1, -0.05) is 0 Å². The first-order chi connectivity index (χ1) is 10.4. The van der Waals surface area contributed by atoms with Crippen molar-refractivity contribution in [3.8, 4) is 0 Å². The van der Waals surface area contributed by atoms with E-state index in [0.29, 0.717) is 24.0 Å². The number of ether oxygens (including phenoxy) is 1. The van der Waals surface area contributed by atoms with E-state index in [1.54, 1.807) is 16.9 Å². The Bertz CT molecular complexity index is 634. The van der Waals surface area contributed by atoms with Crippen molar-refractivity contribution in [3.05, 3.63) is 28.7 Å². The summed E-state index contributed by atoms with van der Waals surface area (Å²) in [6, 6.07) is 2.09.